The van der Waals surface area contributed by atoms with Crippen LogP contribution in [0.25, 0.3) is 11.0 Å². The number of benzene rings is 2. The topological polar surface area (TPSA) is 104 Å². The van der Waals surface area contributed by atoms with Crippen LogP contribution >= 0.6 is 0 Å². The second-order valence-electron chi connectivity index (χ2n) is 9.38. The van der Waals surface area contributed by atoms with Gasteiger partial charge in [-0.05, 0) is 30.4 Å². The van der Waals surface area contributed by atoms with Crippen molar-refractivity contribution in [2.45, 2.75) is 63.0 Å². The van der Waals surface area contributed by atoms with Crippen molar-refractivity contribution >= 4 is 23.1 Å². The van der Waals surface area contributed by atoms with Gasteiger partial charge in [0.25, 0.3) is 0 Å². The number of nitrogens with zero attached hydrogens (tertiary/aromatic N) is 1. The number of fused-ring (bicyclic) bond motifs is 1. The first kappa shape index (κ1) is 27.3. The molecule has 0 aliphatic heterocycles. The number of aromatic nitrogens is 2. The predicted octanol–water partition coefficient (Wildman–Crippen LogP) is 6.32. The minimum atomic E-state index is -2.97. The van der Waals surface area contributed by atoms with Gasteiger partial charge < -0.3 is 20.1 Å². The number of nitrogens with one attached hydrogen (secondary N) is 2. The van der Waals surface area contributed by atoms with Crippen molar-refractivity contribution in [1.82, 2.24) is 15.3 Å². The Morgan fingerprint density at radius 2 is 1.82 bits per heavy atom. The molecule has 1 aliphatic rings. The van der Waals surface area contributed by atoms with Gasteiger partial charge in [-0.15, -0.1) is 0 Å². The lowest BCUT2D eigenvalue weighted by molar-refractivity contribution is -0.140. The SMILES string of the molecule is O=C(N[C@H](c1nc2c(F)c([C@H](CC(F)F)C(=O)O)ccc2[nH]1)C1CCC(F)(F)CC1)OCc1ccccc1. The number of carbonyl (C=O) groups is 2. The van der Waals surface area contributed by atoms with Crippen molar-refractivity contribution in [3.05, 3.63) is 65.2 Å². The number of alkyl halides is 4. The van der Waals surface area contributed by atoms with Gasteiger partial charge >= 0.3 is 12.1 Å². The molecule has 4 rings (SSSR count). The van der Waals surface area contributed by atoms with Gasteiger partial charge in [0.1, 0.15) is 17.9 Å². The first-order valence-electron chi connectivity index (χ1n) is 12.1. The maximum atomic E-state index is 15.3. The fraction of sp³-hybridized carbons (Fsp3) is 0.423. The molecule has 2 aromatic carbocycles. The number of alkyl carbamates (subject to hydrolysis) is 1. The van der Waals surface area contributed by atoms with Crippen molar-refractivity contribution in [2.75, 3.05) is 0 Å². The number of aliphatic carboxylic acids is 1. The molecule has 38 heavy (non-hydrogen) atoms. The third-order valence-corrected chi connectivity index (χ3v) is 6.74. The zero-order valence-corrected chi connectivity index (χ0v) is 20.1. The summed E-state index contributed by atoms with van der Waals surface area (Å²) in [7, 11) is 0. The van der Waals surface area contributed by atoms with Crippen molar-refractivity contribution in [3.63, 3.8) is 0 Å². The molecule has 0 bridgehead atoms. The summed E-state index contributed by atoms with van der Waals surface area (Å²) < 4.78 is 74.1. The van der Waals surface area contributed by atoms with Crippen LogP contribution in [0.5, 0.6) is 0 Å². The number of halogens is 5. The molecule has 1 amide bonds. The first-order chi connectivity index (χ1) is 18.0. The van der Waals surface area contributed by atoms with Gasteiger partial charge in [-0.25, -0.2) is 31.7 Å². The van der Waals surface area contributed by atoms with Crippen LogP contribution in [0.4, 0.5) is 26.7 Å². The fourth-order valence-electron chi connectivity index (χ4n) is 4.73. The van der Waals surface area contributed by atoms with E-state index in [-0.39, 0.29) is 36.3 Å². The molecule has 0 unspecified atom stereocenters. The molecule has 1 aromatic heterocycles. The van der Waals surface area contributed by atoms with Gasteiger partial charge in [-0.2, -0.15) is 0 Å². The van der Waals surface area contributed by atoms with E-state index in [4.69, 9.17) is 4.74 Å². The van der Waals surface area contributed by atoms with E-state index in [2.05, 4.69) is 15.3 Å². The third kappa shape index (κ3) is 6.40. The summed E-state index contributed by atoms with van der Waals surface area (Å²) >= 11 is 0. The number of ether oxygens (including phenoxy) is 1. The molecule has 2 atom stereocenters. The standard InChI is InChI=1S/C26H26F5N3O4/c27-19(28)12-17(24(35)36)16-6-7-18-22(20(16)29)33-23(32-18)21(15-8-10-26(30,31)11-9-15)34-25(37)38-13-14-4-2-1-3-5-14/h1-7,15,17,19,21H,8-13H2,(H,32,33)(H,34,37)(H,35,36)/t17-,21-/m0/s1. The summed E-state index contributed by atoms with van der Waals surface area (Å²) in [6.45, 7) is -0.0407. The Labute approximate surface area is 214 Å². The van der Waals surface area contributed by atoms with Gasteiger partial charge in [-0.1, -0.05) is 36.4 Å². The number of aromatic amines is 1. The highest BCUT2D eigenvalue weighted by atomic mass is 19.3. The Hall–Kier alpha value is -3.70. The zero-order chi connectivity index (χ0) is 27.4. The van der Waals surface area contributed by atoms with Gasteiger partial charge in [-0.3, -0.25) is 4.79 Å². The van der Waals surface area contributed by atoms with Crippen LogP contribution in [-0.4, -0.2) is 39.5 Å². The van der Waals surface area contributed by atoms with E-state index in [9.17, 15) is 32.3 Å². The number of carboxylic acids is 1. The number of hydrogen-bond acceptors (Lipinski definition) is 4. The largest absolute Gasteiger partial charge is 0.481 e. The van der Waals surface area contributed by atoms with Crippen LogP contribution in [-0.2, 0) is 16.1 Å². The monoisotopic (exact) mass is 539 g/mol. The number of rotatable bonds is 9. The fourth-order valence-corrected chi connectivity index (χ4v) is 4.73. The van der Waals surface area contributed by atoms with Crippen molar-refractivity contribution < 1.29 is 41.4 Å². The molecule has 0 radical (unpaired) electrons. The molecular formula is C26H26F5N3O4. The van der Waals surface area contributed by atoms with Crippen LogP contribution in [0.1, 0.15) is 61.0 Å². The van der Waals surface area contributed by atoms with E-state index in [1.54, 1.807) is 30.3 Å². The molecule has 3 N–H and O–H groups in total. The van der Waals surface area contributed by atoms with E-state index in [0.717, 1.165) is 11.6 Å². The molecule has 7 nitrogen and oxygen atoms in total. The Balaban J connectivity index is 1.62. The minimum absolute atomic E-state index is 0.0407. The number of imidazole rings is 1. The second kappa shape index (κ2) is 11.4. The average Bonchev–Trinajstić information content (AvgIpc) is 3.31. The van der Waals surface area contributed by atoms with Crippen molar-refractivity contribution in [2.24, 2.45) is 5.92 Å². The highest BCUT2D eigenvalue weighted by molar-refractivity contribution is 5.82. The summed E-state index contributed by atoms with van der Waals surface area (Å²) in [4.78, 5) is 31.2. The molecule has 3 aromatic rings. The van der Waals surface area contributed by atoms with Gasteiger partial charge in [0.15, 0.2) is 5.82 Å². The average molecular weight is 540 g/mol. The first-order valence-corrected chi connectivity index (χ1v) is 12.1. The Bertz CT molecular complexity index is 1270. The lowest BCUT2D eigenvalue weighted by Crippen LogP contribution is -2.38. The highest BCUT2D eigenvalue weighted by Gasteiger charge is 2.40. The van der Waals surface area contributed by atoms with Gasteiger partial charge in [0.2, 0.25) is 12.3 Å². The van der Waals surface area contributed by atoms with E-state index >= 15 is 4.39 Å². The molecular weight excluding hydrogens is 513 g/mol. The number of hydrogen-bond donors (Lipinski definition) is 3. The molecule has 0 saturated heterocycles. The third-order valence-electron chi connectivity index (χ3n) is 6.74. The second-order valence-corrected chi connectivity index (χ2v) is 9.38. The Morgan fingerprint density at radius 3 is 2.45 bits per heavy atom. The minimum Gasteiger partial charge on any atom is -0.481 e. The molecule has 12 heteroatoms. The Kier molecular flexibility index (Phi) is 8.17. The van der Waals surface area contributed by atoms with Crippen LogP contribution in [0.15, 0.2) is 42.5 Å². The number of amides is 1. The van der Waals surface area contributed by atoms with Crippen LogP contribution in [0.2, 0.25) is 0 Å². The Morgan fingerprint density at radius 1 is 1.13 bits per heavy atom. The van der Waals surface area contributed by atoms with E-state index in [1.165, 1.54) is 6.07 Å². The van der Waals surface area contributed by atoms with Crippen molar-refractivity contribution in [1.29, 1.82) is 0 Å². The smallest absolute Gasteiger partial charge is 0.408 e. The van der Waals surface area contributed by atoms with Gasteiger partial charge in [0.05, 0.1) is 17.5 Å². The van der Waals surface area contributed by atoms with Gasteiger partial charge in [0, 0.05) is 24.8 Å². The highest BCUT2D eigenvalue weighted by Crippen LogP contribution is 2.41. The van der Waals surface area contributed by atoms with Crippen LogP contribution in [0, 0.1) is 11.7 Å². The van der Waals surface area contributed by atoms with E-state index in [1.807, 2.05) is 0 Å². The molecule has 1 heterocycles. The quantitative estimate of drug-likeness (QED) is 0.276. The summed E-state index contributed by atoms with van der Waals surface area (Å²) in [5.41, 5.74) is 0.107. The van der Waals surface area contributed by atoms with Crippen LogP contribution < -0.4 is 5.32 Å². The zero-order valence-electron chi connectivity index (χ0n) is 20.1. The normalized spacial score (nSPS) is 17.3. The molecule has 1 fully saturated rings. The predicted molar refractivity (Wildman–Crippen MR) is 126 cm³/mol. The summed E-state index contributed by atoms with van der Waals surface area (Å²) in [5.74, 6) is -7.74. The maximum Gasteiger partial charge on any atom is 0.408 e. The van der Waals surface area contributed by atoms with E-state index < -0.39 is 72.9 Å². The van der Waals surface area contributed by atoms with E-state index in [0.29, 0.717) is 0 Å². The summed E-state index contributed by atoms with van der Waals surface area (Å²) in [6.07, 6.45) is -5.58. The lowest BCUT2D eigenvalue weighted by atomic mass is 9.82. The maximum absolute atomic E-state index is 15.3. The molecule has 1 saturated carbocycles. The lowest BCUT2D eigenvalue weighted by Gasteiger charge is -2.33. The number of H-pyrrole nitrogens is 1. The van der Waals surface area contributed by atoms with Crippen LogP contribution in [0.3, 0.4) is 0 Å². The molecule has 204 valence electrons. The summed E-state index contributed by atoms with van der Waals surface area (Å²) in [5, 5.41) is 12.0. The molecule has 1 aliphatic carbocycles. The number of carboxylic acid groups (broad SMARTS) is 1. The number of carbonyl (C=O) groups excluding carboxylic acids is 1. The van der Waals surface area contributed by atoms with Crippen molar-refractivity contribution in [3.8, 4) is 0 Å². The molecule has 0 spiro atoms. The summed E-state index contributed by atoms with van der Waals surface area (Å²) in [6, 6.07) is 10.3.